The molecule has 30 heavy (non-hydrogen) atoms. The molecule has 0 fully saturated rings. The smallest absolute Gasteiger partial charge is 0.293 e. The highest BCUT2D eigenvalue weighted by Crippen LogP contribution is 2.39. The molecular formula is C20H18ClN5O2S2. The van der Waals surface area contributed by atoms with Crippen molar-refractivity contribution in [2.45, 2.75) is 32.7 Å². The maximum absolute atomic E-state index is 12.5. The van der Waals surface area contributed by atoms with Crippen LogP contribution in [0.25, 0.3) is 0 Å². The summed E-state index contributed by atoms with van der Waals surface area (Å²) in [5.74, 6) is 0.830. The second-order valence-corrected chi connectivity index (χ2v) is 9.15. The van der Waals surface area contributed by atoms with Crippen molar-refractivity contribution in [2.24, 2.45) is 5.92 Å². The Kier molecular flexibility index (Phi) is 5.90. The van der Waals surface area contributed by atoms with Crippen LogP contribution >= 0.6 is 35.2 Å². The van der Waals surface area contributed by atoms with E-state index in [1.807, 2.05) is 0 Å². The molecule has 2 N–H and O–H groups in total. The zero-order valence-electron chi connectivity index (χ0n) is 16.1. The Labute approximate surface area is 187 Å². The van der Waals surface area contributed by atoms with Crippen molar-refractivity contribution in [1.29, 1.82) is 5.26 Å². The van der Waals surface area contributed by atoms with Crippen LogP contribution in [0.15, 0.2) is 28.9 Å². The number of hydrogen-bond acceptors (Lipinski definition) is 6. The van der Waals surface area contributed by atoms with Crippen LogP contribution in [0.5, 0.6) is 0 Å². The molecule has 7 nitrogen and oxygen atoms in total. The average Bonchev–Trinajstić information content (AvgIpc) is 3.40. The van der Waals surface area contributed by atoms with Crippen LogP contribution in [0.2, 0.25) is 5.02 Å². The summed E-state index contributed by atoms with van der Waals surface area (Å²) >= 11 is 12.7. The van der Waals surface area contributed by atoms with Gasteiger partial charge in [-0.1, -0.05) is 18.5 Å². The fourth-order valence-corrected chi connectivity index (χ4v) is 5.21. The molecule has 1 aliphatic rings. The van der Waals surface area contributed by atoms with Crippen LogP contribution in [-0.2, 0) is 19.4 Å². The topological polar surface area (TPSA) is 95.9 Å². The first kappa shape index (κ1) is 20.6. The molecule has 3 aromatic heterocycles. The van der Waals surface area contributed by atoms with Crippen LogP contribution in [0.4, 0.5) is 5.00 Å². The first-order valence-electron chi connectivity index (χ1n) is 9.36. The van der Waals surface area contributed by atoms with Crippen LogP contribution in [0.3, 0.4) is 0 Å². The van der Waals surface area contributed by atoms with E-state index in [1.165, 1.54) is 22.4 Å². The van der Waals surface area contributed by atoms with E-state index in [4.69, 9.17) is 28.2 Å². The molecule has 1 amide bonds. The molecule has 0 bridgehead atoms. The van der Waals surface area contributed by atoms with Crippen molar-refractivity contribution in [3.63, 3.8) is 0 Å². The number of nitrogens with zero attached hydrogens (tertiary/aromatic N) is 3. The summed E-state index contributed by atoms with van der Waals surface area (Å²) in [5, 5.41) is 20.6. The van der Waals surface area contributed by atoms with Crippen LogP contribution in [-0.4, -0.2) is 20.8 Å². The highest BCUT2D eigenvalue weighted by molar-refractivity contribution is 7.80. The van der Waals surface area contributed by atoms with E-state index >= 15 is 0 Å². The number of carbonyl (C=O) groups is 1. The lowest BCUT2D eigenvalue weighted by atomic mass is 9.89. The van der Waals surface area contributed by atoms with Crippen molar-refractivity contribution in [3.8, 4) is 6.07 Å². The molecule has 154 valence electrons. The summed E-state index contributed by atoms with van der Waals surface area (Å²) in [5.41, 5.74) is 1.73. The fourth-order valence-electron chi connectivity index (χ4n) is 3.43. The second kappa shape index (κ2) is 8.60. The van der Waals surface area contributed by atoms with E-state index in [0.29, 0.717) is 33.8 Å². The molecule has 3 aromatic rings. The molecule has 0 unspecified atom stereocenters. The van der Waals surface area contributed by atoms with Gasteiger partial charge in [-0.2, -0.15) is 10.4 Å². The summed E-state index contributed by atoms with van der Waals surface area (Å²) in [6.45, 7) is 2.57. The zero-order chi connectivity index (χ0) is 21.3. The van der Waals surface area contributed by atoms with Crippen LogP contribution < -0.4 is 10.6 Å². The number of thiocarbonyl (C=S) groups is 1. The molecule has 1 aliphatic carbocycles. The largest absolute Gasteiger partial charge is 0.454 e. The van der Waals surface area contributed by atoms with Crippen molar-refractivity contribution in [2.75, 3.05) is 5.32 Å². The van der Waals surface area contributed by atoms with Crippen LogP contribution in [0.1, 0.15) is 45.7 Å². The van der Waals surface area contributed by atoms with Gasteiger partial charge in [0.1, 0.15) is 16.8 Å². The van der Waals surface area contributed by atoms with Gasteiger partial charge in [-0.3, -0.25) is 14.8 Å². The molecule has 0 aliphatic heterocycles. The number of halogens is 1. The molecule has 0 aromatic carbocycles. The average molecular weight is 460 g/mol. The Morgan fingerprint density at radius 1 is 1.53 bits per heavy atom. The van der Waals surface area contributed by atoms with Gasteiger partial charge in [0, 0.05) is 11.1 Å². The van der Waals surface area contributed by atoms with Gasteiger partial charge in [0.05, 0.1) is 23.3 Å². The predicted molar refractivity (Wildman–Crippen MR) is 119 cm³/mol. The number of furan rings is 1. The van der Waals surface area contributed by atoms with E-state index in [0.717, 1.165) is 24.8 Å². The summed E-state index contributed by atoms with van der Waals surface area (Å²) in [7, 11) is 0. The minimum atomic E-state index is -0.467. The van der Waals surface area contributed by atoms with E-state index < -0.39 is 5.91 Å². The Morgan fingerprint density at radius 2 is 2.37 bits per heavy atom. The summed E-state index contributed by atoms with van der Waals surface area (Å²) in [6, 6.07) is 5.55. The molecule has 1 atom stereocenters. The van der Waals surface area contributed by atoms with Gasteiger partial charge in [0.25, 0.3) is 5.91 Å². The van der Waals surface area contributed by atoms with Crippen molar-refractivity contribution in [3.05, 3.63) is 57.1 Å². The summed E-state index contributed by atoms with van der Waals surface area (Å²) in [6.07, 6.45) is 6.13. The number of hydrogen-bond donors (Lipinski definition) is 2. The quantitative estimate of drug-likeness (QED) is 0.562. The minimum absolute atomic E-state index is 0.125. The Hall–Kier alpha value is -2.67. The molecule has 0 saturated heterocycles. The number of fused-ring (bicyclic) bond motifs is 1. The fraction of sp³-hybridized carbons (Fsp3) is 0.300. The lowest BCUT2D eigenvalue weighted by Gasteiger charge is -2.17. The number of nitrogens with one attached hydrogen (secondary N) is 2. The molecular weight excluding hydrogens is 442 g/mol. The number of rotatable bonds is 4. The summed E-state index contributed by atoms with van der Waals surface area (Å²) < 4.78 is 7.19. The third kappa shape index (κ3) is 4.41. The highest BCUT2D eigenvalue weighted by Gasteiger charge is 2.24. The van der Waals surface area contributed by atoms with Gasteiger partial charge in [-0.25, -0.2) is 0 Å². The lowest BCUT2D eigenvalue weighted by molar-refractivity contribution is 0.0948. The molecule has 0 saturated carbocycles. The number of aromatic nitrogens is 2. The molecule has 3 heterocycles. The van der Waals surface area contributed by atoms with E-state index in [9.17, 15) is 10.1 Å². The number of amides is 1. The Balaban J connectivity index is 1.40. The standard InChI is InChI=1S/C20H18ClN5O2S2/c1-11-2-4-14-15(7-22)19(30-17(14)6-11)25-20(29)24-18(27)16-5-3-13(28-16)10-26-9-12(21)8-23-26/h3,5,8-9,11H,2,4,6,10H2,1H3,(H2,24,25,27,29)/t11-/m1/s1. The molecule has 4 rings (SSSR count). The highest BCUT2D eigenvalue weighted by atomic mass is 35.5. The molecule has 10 heteroatoms. The number of carbonyl (C=O) groups excluding carboxylic acids is 1. The molecule has 0 radical (unpaired) electrons. The van der Waals surface area contributed by atoms with E-state index in [2.05, 4.69) is 28.7 Å². The van der Waals surface area contributed by atoms with E-state index in [1.54, 1.807) is 23.0 Å². The number of thiophene rings is 1. The van der Waals surface area contributed by atoms with Crippen molar-refractivity contribution < 1.29 is 9.21 Å². The van der Waals surface area contributed by atoms with Crippen molar-refractivity contribution in [1.82, 2.24) is 15.1 Å². The maximum Gasteiger partial charge on any atom is 0.293 e. The number of nitriles is 1. The Bertz CT molecular complexity index is 1160. The predicted octanol–water partition coefficient (Wildman–Crippen LogP) is 4.36. The summed E-state index contributed by atoms with van der Waals surface area (Å²) in [4.78, 5) is 13.7. The number of anilines is 1. The van der Waals surface area contributed by atoms with Gasteiger partial charge >= 0.3 is 0 Å². The van der Waals surface area contributed by atoms with Gasteiger partial charge in [0.2, 0.25) is 0 Å². The first-order valence-corrected chi connectivity index (χ1v) is 11.0. The van der Waals surface area contributed by atoms with Gasteiger partial charge in [-0.15, -0.1) is 11.3 Å². The SMILES string of the molecule is C[C@@H]1CCc2c(sc(NC(=S)NC(=O)c3ccc(Cn4cc(Cl)cn4)o3)c2C#N)C1. The lowest BCUT2D eigenvalue weighted by Crippen LogP contribution is -2.33. The zero-order valence-corrected chi connectivity index (χ0v) is 18.5. The Morgan fingerprint density at radius 3 is 3.10 bits per heavy atom. The van der Waals surface area contributed by atoms with Gasteiger partial charge < -0.3 is 9.73 Å². The molecule has 0 spiro atoms. The maximum atomic E-state index is 12.5. The monoisotopic (exact) mass is 459 g/mol. The van der Waals surface area contributed by atoms with Crippen molar-refractivity contribution >= 4 is 51.2 Å². The van der Waals surface area contributed by atoms with Gasteiger partial charge in [-0.05, 0) is 55.1 Å². The van der Waals surface area contributed by atoms with Crippen LogP contribution in [0, 0.1) is 17.2 Å². The minimum Gasteiger partial charge on any atom is -0.454 e. The second-order valence-electron chi connectivity index (χ2n) is 7.20. The normalized spacial score (nSPS) is 15.3. The third-order valence-electron chi connectivity index (χ3n) is 4.88. The van der Waals surface area contributed by atoms with E-state index in [-0.39, 0.29) is 10.9 Å². The first-order chi connectivity index (χ1) is 14.4. The third-order valence-corrected chi connectivity index (χ3v) is 6.45. The van der Waals surface area contributed by atoms with Gasteiger partial charge in [0.15, 0.2) is 10.9 Å².